The molecule has 2 aliphatic rings. The predicted molar refractivity (Wildman–Crippen MR) is 72.4 cm³/mol. The molecule has 1 atom stereocenters. The molecule has 2 fully saturated rings. The molecule has 1 spiro atoms. The van der Waals surface area contributed by atoms with Crippen molar-refractivity contribution in [2.75, 3.05) is 13.1 Å². The molecule has 1 saturated carbocycles. The van der Waals surface area contributed by atoms with Crippen molar-refractivity contribution in [2.45, 2.75) is 44.9 Å². The van der Waals surface area contributed by atoms with Gasteiger partial charge < -0.3 is 5.32 Å². The Balaban J connectivity index is 1.78. The Morgan fingerprint density at radius 1 is 1.29 bits per heavy atom. The molecular weight excluding hydrogens is 206 g/mol. The molecule has 0 radical (unpaired) electrons. The van der Waals surface area contributed by atoms with Crippen molar-refractivity contribution < 1.29 is 0 Å². The predicted octanol–water partition coefficient (Wildman–Crippen LogP) is 3.67. The van der Waals surface area contributed by atoms with Gasteiger partial charge in [0.05, 0.1) is 0 Å². The maximum Gasteiger partial charge on any atom is 0.00204 e. The number of hydrogen-bond acceptors (Lipinski definition) is 1. The topological polar surface area (TPSA) is 12.0 Å². The minimum atomic E-state index is 0.649. The highest BCUT2D eigenvalue weighted by Gasteiger charge is 2.43. The molecule has 92 valence electrons. The Morgan fingerprint density at radius 3 is 2.71 bits per heavy atom. The summed E-state index contributed by atoms with van der Waals surface area (Å²) >= 11 is 0. The van der Waals surface area contributed by atoms with Gasteiger partial charge in [-0.3, -0.25) is 0 Å². The van der Waals surface area contributed by atoms with Crippen LogP contribution in [0.1, 0.15) is 56.1 Å². The third-order valence-corrected chi connectivity index (χ3v) is 4.75. The highest BCUT2D eigenvalue weighted by atomic mass is 15.0. The summed E-state index contributed by atoms with van der Waals surface area (Å²) in [5.74, 6) is 1.46. The lowest BCUT2D eigenvalue weighted by molar-refractivity contribution is 0.175. The normalized spacial score (nSPS) is 26.4. The van der Waals surface area contributed by atoms with Crippen LogP contribution in [0.3, 0.4) is 0 Å². The van der Waals surface area contributed by atoms with Crippen LogP contribution in [-0.4, -0.2) is 13.1 Å². The molecule has 0 bridgehead atoms. The first kappa shape index (κ1) is 11.3. The Labute approximate surface area is 105 Å². The Kier molecular flexibility index (Phi) is 2.74. The fourth-order valence-corrected chi connectivity index (χ4v) is 3.46. The van der Waals surface area contributed by atoms with Crippen LogP contribution in [0.4, 0.5) is 0 Å². The third-order valence-electron chi connectivity index (χ3n) is 4.75. The molecule has 1 heterocycles. The molecular formula is C16H23N. The van der Waals surface area contributed by atoms with Gasteiger partial charge in [0.15, 0.2) is 0 Å². The summed E-state index contributed by atoms with van der Waals surface area (Å²) in [6.45, 7) is 7.08. The van der Waals surface area contributed by atoms with Crippen LogP contribution >= 0.6 is 0 Å². The average molecular weight is 229 g/mol. The second kappa shape index (κ2) is 4.13. The van der Waals surface area contributed by atoms with Crippen molar-refractivity contribution in [1.29, 1.82) is 0 Å². The SMILES string of the molecule is CC(C)c1cccc(C2CCC3(CNC3)C2)c1. The Bertz CT molecular complexity index is 404. The van der Waals surface area contributed by atoms with Crippen molar-refractivity contribution in [2.24, 2.45) is 5.41 Å². The first-order chi connectivity index (χ1) is 8.19. The molecule has 1 unspecified atom stereocenters. The standard InChI is InChI=1S/C16H23N/c1-12(2)13-4-3-5-14(8-13)15-6-7-16(9-15)10-17-11-16/h3-5,8,12,15,17H,6-7,9-11H2,1-2H3. The summed E-state index contributed by atoms with van der Waals surface area (Å²) < 4.78 is 0. The molecule has 1 nitrogen and oxygen atoms in total. The van der Waals surface area contributed by atoms with E-state index in [1.54, 1.807) is 5.56 Å². The van der Waals surface area contributed by atoms with Crippen LogP contribution in [0.2, 0.25) is 0 Å². The maximum atomic E-state index is 3.45. The molecule has 1 saturated heterocycles. The van der Waals surface area contributed by atoms with Crippen molar-refractivity contribution in [1.82, 2.24) is 5.32 Å². The van der Waals surface area contributed by atoms with Gasteiger partial charge in [0.2, 0.25) is 0 Å². The highest BCUT2D eigenvalue weighted by molar-refractivity contribution is 5.29. The number of benzene rings is 1. The smallest absolute Gasteiger partial charge is 0.00204 e. The lowest BCUT2D eigenvalue weighted by Crippen LogP contribution is -2.51. The number of hydrogen-bond donors (Lipinski definition) is 1. The quantitative estimate of drug-likeness (QED) is 0.816. The van der Waals surface area contributed by atoms with Crippen LogP contribution in [0, 0.1) is 5.41 Å². The Hall–Kier alpha value is -0.820. The first-order valence-electron chi connectivity index (χ1n) is 6.99. The van der Waals surface area contributed by atoms with E-state index in [1.165, 1.54) is 37.9 Å². The summed E-state index contributed by atoms with van der Waals surface area (Å²) in [6.07, 6.45) is 4.22. The van der Waals surface area contributed by atoms with E-state index in [4.69, 9.17) is 0 Å². The first-order valence-corrected chi connectivity index (χ1v) is 6.99. The van der Waals surface area contributed by atoms with Crippen molar-refractivity contribution in [3.05, 3.63) is 35.4 Å². The van der Waals surface area contributed by atoms with Gasteiger partial charge in [-0.15, -0.1) is 0 Å². The second-order valence-corrected chi connectivity index (χ2v) is 6.37. The maximum absolute atomic E-state index is 3.45. The number of nitrogens with one attached hydrogen (secondary N) is 1. The van der Waals surface area contributed by atoms with Crippen LogP contribution in [0.15, 0.2) is 24.3 Å². The van der Waals surface area contributed by atoms with E-state index < -0.39 is 0 Å². The monoisotopic (exact) mass is 229 g/mol. The number of rotatable bonds is 2. The zero-order chi connectivity index (χ0) is 11.9. The third kappa shape index (κ3) is 2.01. The van der Waals surface area contributed by atoms with E-state index in [2.05, 4.69) is 43.4 Å². The van der Waals surface area contributed by atoms with Gasteiger partial charge in [0.25, 0.3) is 0 Å². The van der Waals surface area contributed by atoms with Crippen LogP contribution in [0.25, 0.3) is 0 Å². The summed E-state index contributed by atoms with van der Waals surface area (Å²) in [6, 6.07) is 9.29. The molecule has 17 heavy (non-hydrogen) atoms. The molecule has 0 aromatic heterocycles. The van der Waals surface area contributed by atoms with Gasteiger partial charge >= 0.3 is 0 Å². The molecule has 1 aromatic carbocycles. The lowest BCUT2D eigenvalue weighted by atomic mass is 9.79. The van der Waals surface area contributed by atoms with E-state index in [-0.39, 0.29) is 0 Å². The van der Waals surface area contributed by atoms with Crippen molar-refractivity contribution in [3.8, 4) is 0 Å². The molecule has 1 aromatic rings. The van der Waals surface area contributed by atoms with E-state index >= 15 is 0 Å². The fourth-order valence-electron chi connectivity index (χ4n) is 3.46. The van der Waals surface area contributed by atoms with Crippen LogP contribution in [0.5, 0.6) is 0 Å². The van der Waals surface area contributed by atoms with Crippen LogP contribution < -0.4 is 5.32 Å². The minimum Gasteiger partial charge on any atom is -0.316 e. The molecule has 3 rings (SSSR count). The zero-order valence-corrected chi connectivity index (χ0v) is 11.0. The van der Waals surface area contributed by atoms with Gasteiger partial charge in [-0.1, -0.05) is 38.1 Å². The van der Waals surface area contributed by atoms with E-state index in [0.29, 0.717) is 11.3 Å². The highest BCUT2D eigenvalue weighted by Crippen LogP contribution is 2.48. The van der Waals surface area contributed by atoms with Crippen molar-refractivity contribution in [3.63, 3.8) is 0 Å². The van der Waals surface area contributed by atoms with Crippen LogP contribution in [-0.2, 0) is 0 Å². The van der Waals surface area contributed by atoms with Gasteiger partial charge in [0, 0.05) is 13.1 Å². The largest absolute Gasteiger partial charge is 0.316 e. The summed E-state index contributed by atoms with van der Waals surface area (Å²) in [5.41, 5.74) is 3.74. The minimum absolute atomic E-state index is 0.649. The van der Waals surface area contributed by atoms with E-state index in [9.17, 15) is 0 Å². The molecule has 1 aliphatic heterocycles. The van der Waals surface area contributed by atoms with E-state index in [0.717, 1.165) is 5.92 Å². The van der Waals surface area contributed by atoms with Crippen molar-refractivity contribution >= 4 is 0 Å². The van der Waals surface area contributed by atoms with Gasteiger partial charge in [-0.25, -0.2) is 0 Å². The lowest BCUT2D eigenvalue weighted by Gasteiger charge is -2.39. The second-order valence-electron chi connectivity index (χ2n) is 6.37. The average Bonchev–Trinajstić information content (AvgIpc) is 2.74. The van der Waals surface area contributed by atoms with Gasteiger partial charge in [0.1, 0.15) is 0 Å². The summed E-state index contributed by atoms with van der Waals surface area (Å²) in [4.78, 5) is 0. The Morgan fingerprint density at radius 2 is 2.12 bits per heavy atom. The fraction of sp³-hybridized carbons (Fsp3) is 0.625. The molecule has 0 amide bonds. The van der Waals surface area contributed by atoms with Gasteiger partial charge in [-0.05, 0) is 47.6 Å². The molecule has 1 aliphatic carbocycles. The summed E-state index contributed by atoms with van der Waals surface area (Å²) in [7, 11) is 0. The molecule has 1 N–H and O–H groups in total. The van der Waals surface area contributed by atoms with E-state index in [1.807, 2.05) is 0 Å². The summed E-state index contributed by atoms with van der Waals surface area (Å²) in [5, 5.41) is 3.45. The van der Waals surface area contributed by atoms with Gasteiger partial charge in [-0.2, -0.15) is 0 Å². The zero-order valence-electron chi connectivity index (χ0n) is 11.0. The molecule has 1 heteroatoms.